The van der Waals surface area contributed by atoms with Crippen LogP contribution in [0.25, 0.3) is 11.4 Å². The Balaban J connectivity index is 2.49. The number of nitrogens with zero attached hydrogens (tertiary/aromatic N) is 3. The Morgan fingerprint density at radius 2 is 2.16 bits per heavy atom. The molecule has 0 aliphatic heterocycles. The zero-order valence-electron chi connectivity index (χ0n) is 10.9. The van der Waals surface area contributed by atoms with E-state index in [9.17, 15) is 0 Å². The van der Waals surface area contributed by atoms with E-state index >= 15 is 0 Å². The smallest absolute Gasteiger partial charge is 0.164 e. The predicted octanol–water partition coefficient (Wildman–Crippen LogP) is 3.45. The number of rotatable bonds is 5. The van der Waals surface area contributed by atoms with E-state index < -0.39 is 0 Å². The summed E-state index contributed by atoms with van der Waals surface area (Å²) < 4.78 is 7.19. The van der Waals surface area contributed by atoms with Gasteiger partial charge < -0.3 is 9.30 Å². The molecule has 6 heteroatoms. The van der Waals surface area contributed by atoms with Gasteiger partial charge in [-0.15, -0.1) is 10.2 Å². The number of ether oxygens (including phenoxy) is 1. The molecule has 102 valence electrons. The van der Waals surface area contributed by atoms with Crippen LogP contribution in [-0.2, 0) is 16.6 Å². The lowest BCUT2D eigenvalue weighted by Gasteiger charge is -2.10. The molecular weight excluding hydrogens is 330 g/mol. The lowest BCUT2D eigenvalue weighted by atomic mass is 10.1. The van der Waals surface area contributed by atoms with Crippen LogP contribution in [0, 0.1) is 6.92 Å². The van der Waals surface area contributed by atoms with Gasteiger partial charge >= 0.3 is 0 Å². The summed E-state index contributed by atoms with van der Waals surface area (Å²) in [7, 11) is 1.68. The summed E-state index contributed by atoms with van der Waals surface area (Å²) in [5, 5.41) is 9.84. The second-order valence-corrected chi connectivity index (χ2v) is 5.17. The zero-order valence-corrected chi connectivity index (χ0v) is 13.2. The maximum Gasteiger partial charge on any atom is 0.164 e. The van der Waals surface area contributed by atoms with Gasteiger partial charge in [-0.1, -0.05) is 33.6 Å². The highest BCUT2D eigenvalue weighted by Gasteiger charge is 2.14. The first-order valence-electron chi connectivity index (χ1n) is 5.91. The molecule has 2 rings (SSSR count). The first-order chi connectivity index (χ1) is 9.17. The predicted molar refractivity (Wildman–Crippen MR) is 79.7 cm³/mol. The molecule has 0 fully saturated rings. The van der Waals surface area contributed by atoms with Crippen molar-refractivity contribution in [3.8, 4) is 11.4 Å². The molecule has 0 amide bonds. The summed E-state index contributed by atoms with van der Waals surface area (Å²) in [5.74, 6) is 1.71. The van der Waals surface area contributed by atoms with Crippen LogP contribution in [0.2, 0.25) is 5.02 Å². The monoisotopic (exact) mass is 343 g/mol. The first kappa shape index (κ1) is 14.5. The van der Waals surface area contributed by atoms with Crippen molar-refractivity contribution < 1.29 is 4.74 Å². The van der Waals surface area contributed by atoms with Crippen molar-refractivity contribution in [2.45, 2.75) is 18.8 Å². The minimum atomic E-state index is 0.616. The van der Waals surface area contributed by atoms with Gasteiger partial charge in [0, 0.05) is 24.2 Å². The van der Waals surface area contributed by atoms with Gasteiger partial charge in [0.25, 0.3) is 0 Å². The number of hydrogen-bond acceptors (Lipinski definition) is 3. The second-order valence-electron chi connectivity index (χ2n) is 4.18. The molecule has 4 nitrogen and oxygen atoms in total. The average Bonchev–Trinajstić information content (AvgIpc) is 2.81. The van der Waals surface area contributed by atoms with Crippen molar-refractivity contribution in [2.24, 2.45) is 0 Å². The molecule has 0 aliphatic rings. The van der Waals surface area contributed by atoms with Gasteiger partial charge in [0.15, 0.2) is 5.82 Å². The number of aromatic nitrogens is 3. The van der Waals surface area contributed by atoms with Crippen LogP contribution in [0.3, 0.4) is 0 Å². The molecule has 2 aromatic rings. The Morgan fingerprint density at radius 3 is 2.84 bits per heavy atom. The van der Waals surface area contributed by atoms with Gasteiger partial charge in [-0.05, 0) is 24.6 Å². The van der Waals surface area contributed by atoms with Crippen LogP contribution in [0.4, 0.5) is 0 Å². The Labute approximate surface area is 125 Å². The number of benzene rings is 1. The van der Waals surface area contributed by atoms with Crippen LogP contribution in [0.1, 0.15) is 11.4 Å². The van der Waals surface area contributed by atoms with Crippen LogP contribution in [0.15, 0.2) is 18.2 Å². The molecular formula is C13H15BrClN3O. The van der Waals surface area contributed by atoms with E-state index in [-0.39, 0.29) is 0 Å². The normalized spacial score (nSPS) is 10.9. The molecule has 0 unspecified atom stereocenters. The lowest BCUT2D eigenvalue weighted by Crippen LogP contribution is -2.09. The third-order valence-corrected chi connectivity index (χ3v) is 3.64. The third kappa shape index (κ3) is 3.16. The molecule has 19 heavy (non-hydrogen) atoms. The molecule has 0 N–H and O–H groups in total. The molecule has 1 heterocycles. The second kappa shape index (κ2) is 6.50. The highest BCUT2D eigenvalue weighted by molar-refractivity contribution is 9.08. The van der Waals surface area contributed by atoms with Crippen LogP contribution < -0.4 is 0 Å². The molecule has 1 aromatic carbocycles. The van der Waals surface area contributed by atoms with Crippen molar-refractivity contribution in [3.05, 3.63) is 34.6 Å². The molecule has 0 spiro atoms. The summed E-state index contributed by atoms with van der Waals surface area (Å²) >= 11 is 9.50. The van der Waals surface area contributed by atoms with Gasteiger partial charge in [0.05, 0.1) is 11.9 Å². The molecule has 1 aromatic heterocycles. The number of hydrogen-bond donors (Lipinski definition) is 0. The molecule has 0 saturated carbocycles. The summed E-state index contributed by atoms with van der Waals surface area (Å²) in [6, 6.07) is 5.78. The Morgan fingerprint density at radius 1 is 1.37 bits per heavy atom. The molecule has 0 radical (unpaired) electrons. The summed E-state index contributed by atoms with van der Waals surface area (Å²) in [4.78, 5) is 0. The topological polar surface area (TPSA) is 39.9 Å². The van der Waals surface area contributed by atoms with E-state index in [0.29, 0.717) is 23.5 Å². The first-order valence-corrected chi connectivity index (χ1v) is 7.40. The minimum absolute atomic E-state index is 0.616. The molecule has 0 bridgehead atoms. The van der Waals surface area contributed by atoms with Gasteiger partial charge in [0.2, 0.25) is 0 Å². The van der Waals surface area contributed by atoms with Crippen molar-refractivity contribution in [3.63, 3.8) is 0 Å². The molecule has 0 aliphatic carbocycles. The summed E-state index contributed by atoms with van der Waals surface area (Å²) in [6.07, 6.45) is 0. The van der Waals surface area contributed by atoms with Crippen LogP contribution in [0.5, 0.6) is 0 Å². The minimum Gasteiger partial charge on any atom is -0.383 e. The van der Waals surface area contributed by atoms with Crippen LogP contribution in [-0.4, -0.2) is 28.5 Å². The van der Waals surface area contributed by atoms with Crippen molar-refractivity contribution in [2.75, 3.05) is 13.7 Å². The standard InChI is InChI=1S/C13H15BrClN3O/c1-9-3-4-10(15)7-11(9)13-17-16-12(8-14)18(13)5-6-19-2/h3-4,7H,5-6,8H2,1-2H3. The van der Waals surface area contributed by atoms with Gasteiger partial charge in [0.1, 0.15) is 5.82 Å². The van der Waals surface area contributed by atoms with E-state index in [1.807, 2.05) is 25.1 Å². The van der Waals surface area contributed by atoms with Crippen molar-refractivity contribution in [1.29, 1.82) is 0 Å². The largest absolute Gasteiger partial charge is 0.383 e. The fourth-order valence-corrected chi connectivity index (χ4v) is 2.47. The molecule has 0 saturated heterocycles. The third-order valence-electron chi connectivity index (χ3n) is 2.91. The quantitative estimate of drug-likeness (QED) is 0.780. The van der Waals surface area contributed by atoms with E-state index in [2.05, 4.69) is 30.7 Å². The SMILES string of the molecule is COCCn1c(CBr)nnc1-c1cc(Cl)ccc1C. The van der Waals surface area contributed by atoms with E-state index in [1.165, 1.54) is 0 Å². The number of methoxy groups -OCH3 is 1. The average molecular weight is 345 g/mol. The van der Waals surface area contributed by atoms with Crippen molar-refractivity contribution >= 4 is 27.5 Å². The van der Waals surface area contributed by atoms with Gasteiger partial charge in [-0.2, -0.15) is 0 Å². The zero-order chi connectivity index (χ0) is 13.8. The summed E-state index contributed by atoms with van der Waals surface area (Å²) in [6.45, 7) is 3.37. The van der Waals surface area contributed by atoms with E-state index in [1.54, 1.807) is 7.11 Å². The van der Waals surface area contributed by atoms with Crippen LogP contribution >= 0.6 is 27.5 Å². The van der Waals surface area contributed by atoms with Gasteiger partial charge in [-0.3, -0.25) is 0 Å². The summed E-state index contributed by atoms with van der Waals surface area (Å²) in [5.41, 5.74) is 2.12. The maximum absolute atomic E-state index is 6.07. The highest BCUT2D eigenvalue weighted by Crippen LogP contribution is 2.26. The Kier molecular flexibility index (Phi) is 4.96. The Bertz CT molecular complexity index is 571. The maximum atomic E-state index is 6.07. The van der Waals surface area contributed by atoms with Gasteiger partial charge in [-0.25, -0.2) is 0 Å². The fourth-order valence-electron chi connectivity index (χ4n) is 1.89. The Hall–Kier alpha value is -0.910. The number of halogens is 2. The lowest BCUT2D eigenvalue weighted by molar-refractivity contribution is 0.187. The van der Waals surface area contributed by atoms with E-state index in [4.69, 9.17) is 16.3 Å². The number of aryl methyl sites for hydroxylation is 1. The molecule has 0 atom stereocenters. The highest BCUT2D eigenvalue weighted by atomic mass is 79.9. The van der Waals surface area contributed by atoms with Crippen molar-refractivity contribution in [1.82, 2.24) is 14.8 Å². The fraction of sp³-hybridized carbons (Fsp3) is 0.385. The van der Waals surface area contributed by atoms with E-state index in [0.717, 1.165) is 22.8 Å². The number of alkyl halides is 1.